The van der Waals surface area contributed by atoms with Crippen molar-refractivity contribution in [3.05, 3.63) is 53.8 Å². The predicted octanol–water partition coefficient (Wildman–Crippen LogP) is 4.68. The van der Waals surface area contributed by atoms with Crippen LogP contribution in [0.5, 0.6) is 11.5 Å². The van der Waals surface area contributed by atoms with E-state index in [9.17, 15) is 17.6 Å². The Balaban J connectivity index is 2.18. The third kappa shape index (κ3) is 3.20. The first kappa shape index (κ1) is 14.2. The molecule has 0 aliphatic carbocycles. The minimum absolute atomic E-state index is 0.0521. The Morgan fingerprint density at radius 3 is 2.15 bits per heavy atom. The summed E-state index contributed by atoms with van der Waals surface area (Å²) in [6.07, 6.45) is -4.40. The van der Waals surface area contributed by atoms with E-state index >= 15 is 0 Å². The summed E-state index contributed by atoms with van der Waals surface area (Å²) >= 11 is 0. The van der Waals surface area contributed by atoms with Gasteiger partial charge in [-0.2, -0.15) is 13.2 Å². The average molecular weight is 285 g/mol. The number of alkyl halides is 3. The first-order valence-electron chi connectivity index (χ1n) is 5.72. The molecule has 0 saturated heterocycles. The lowest BCUT2D eigenvalue weighted by Gasteiger charge is -2.10. The molecule has 106 valence electrons. The maximum absolute atomic E-state index is 13.6. The molecule has 2 rings (SSSR count). The van der Waals surface area contributed by atoms with Gasteiger partial charge in [0.05, 0.1) is 5.56 Å². The van der Waals surface area contributed by atoms with Crippen LogP contribution < -0.4 is 10.1 Å². The zero-order valence-electron chi connectivity index (χ0n) is 10.5. The fourth-order valence-electron chi connectivity index (χ4n) is 1.58. The molecule has 2 nitrogen and oxygen atoms in total. The number of benzene rings is 2. The maximum atomic E-state index is 13.6. The Hall–Kier alpha value is -2.24. The fraction of sp³-hybridized carbons (Fsp3) is 0.143. The highest BCUT2D eigenvalue weighted by Crippen LogP contribution is 2.32. The molecule has 0 atom stereocenters. The fourth-order valence-corrected chi connectivity index (χ4v) is 1.58. The van der Waals surface area contributed by atoms with Crippen LogP contribution in [-0.2, 0) is 6.18 Å². The molecule has 0 aromatic heterocycles. The summed E-state index contributed by atoms with van der Waals surface area (Å²) in [6.45, 7) is 0. The topological polar surface area (TPSA) is 21.3 Å². The number of hydrogen-bond acceptors (Lipinski definition) is 2. The maximum Gasteiger partial charge on any atom is 0.416 e. The SMILES string of the molecule is CNc1ccc(Oc2ccc(C(F)(F)F)cc2)c(F)c1. The summed E-state index contributed by atoms with van der Waals surface area (Å²) < 4.78 is 56.0. The van der Waals surface area contributed by atoms with Crippen LogP contribution in [0, 0.1) is 5.82 Å². The lowest BCUT2D eigenvalue weighted by atomic mass is 10.2. The number of hydrogen-bond donors (Lipinski definition) is 1. The van der Waals surface area contributed by atoms with Crippen LogP contribution in [0.25, 0.3) is 0 Å². The van der Waals surface area contributed by atoms with Crippen molar-refractivity contribution in [2.75, 3.05) is 12.4 Å². The molecule has 0 bridgehead atoms. The summed E-state index contributed by atoms with van der Waals surface area (Å²) in [6, 6.07) is 8.30. The molecule has 0 aliphatic rings. The van der Waals surface area contributed by atoms with Crippen molar-refractivity contribution < 1.29 is 22.3 Å². The van der Waals surface area contributed by atoms with Gasteiger partial charge in [-0.15, -0.1) is 0 Å². The van der Waals surface area contributed by atoms with E-state index in [0.29, 0.717) is 5.69 Å². The van der Waals surface area contributed by atoms with Crippen LogP contribution in [0.3, 0.4) is 0 Å². The molecule has 0 aliphatic heterocycles. The summed E-state index contributed by atoms with van der Waals surface area (Å²) in [4.78, 5) is 0. The van der Waals surface area contributed by atoms with Crippen molar-refractivity contribution in [3.8, 4) is 11.5 Å². The van der Waals surface area contributed by atoms with E-state index < -0.39 is 17.6 Å². The van der Waals surface area contributed by atoms with Crippen LogP contribution in [0.1, 0.15) is 5.56 Å². The van der Waals surface area contributed by atoms with Gasteiger partial charge in [0.2, 0.25) is 0 Å². The number of ether oxygens (including phenoxy) is 1. The second kappa shape index (κ2) is 5.40. The van der Waals surface area contributed by atoms with Crippen LogP contribution in [0.2, 0.25) is 0 Å². The Kier molecular flexibility index (Phi) is 3.83. The van der Waals surface area contributed by atoms with E-state index in [1.54, 1.807) is 13.1 Å². The van der Waals surface area contributed by atoms with Crippen LogP contribution in [0.15, 0.2) is 42.5 Å². The molecule has 1 N–H and O–H groups in total. The van der Waals surface area contributed by atoms with Crippen molar-refractivity contribution >= 4 is 5.69 Å². The standard InChI is InChI=1S/C14H11F4NO/c1-19-10-4-7-13(12(15)8-10)20-11-5-2-9(3-6-11)14(16,17)18/h2-8,19H,1H3. The summed E-state index contributed by atoms with van der Waals surface area (Å²) in [7, 11) is 1.64. The molecule has 0 saturated carbocycles. The number of anilines is 1. The minimum Gasteiger partial charge on any atom is -0.454 e. The second-order valence-electron chi connectivity index (χ2n) is 4.02. The summed E-state index contributed by atoms with van der Waals surface area (Å²) in [5, 5.41) is 2.76. The van der Waals surface area contributed by atoms with Gasteiger partial charge in [0.1, 0.15) is 5.75 Å². The van der Waals surface area contributed by atoms with Gasteiger partial charge in [0.15, 0.2) is 11.6 Å². The van der Waals surface area contributed by atoms with E-state index in [1.165, 1.54) is 12.1 Å². The highest BCUT2D eigenvalue weighted by atomic mass is 19.4. The smallest absolute Gasteiger partial charge is 0.416 e. The second-order valence-corrected chi connectivity index (χ2v) is 4.02. The Morgan fingerprint density at radius 2 is 1.65 bits per heavy atom. The first-order chi connectivity index (χ1) is 9.40. The lowest BCUT2D eigenvalue weighted by Crippen LogP contribution is -2.04. The zero-order chi connectivity index (χ0) is 14.8. The van der Waals surface area contributed by atoms with Crippen LogP contribution in [0.4, 0.5) is 23.2 Å². The van der Waals surface area contributed by atoms with Crippen molar-refractivity contribution in [1.82, 2.24) is 0 Å². The van der Waals surface area contributed by atoms with Crippen molar-refractivity contribution in [1.29, 1.82) is 0 Å². The van der Waals surface area contributed by atoms with E-state index in [0.717, 1.165) is 24.3 Å². The van der Waals surface area contributed by atoms with Gasteiger partial charge >= 0.3 is 6.18 Å². The highest BCUT2D eigenvalue weighted by molar-refractivity contribution is 5.47. The van der Waals surface area contributed by atoms with Gasteiger partial charge in [-0.1, -0.05) is 0 Å². The molecule has 20 heavy (non-hydrogen) atoms. The molecule has 0 unspecified atom stereocenters. The molecular weight excluding hydrogens is 274 g/mol. The molecule has 0 fully saturated rings. The first-order valence-corrected chi connectivity index (χ1v) is 5.72. The Bertz CT molecular complexity index is 593. The molecule has 0 radical (unpaired) electrons. The molecule has 0 spiro atoms. The Labute approximate surface area is 113 Å². The molecule has 2 aromatic carbocycles. The third-order valence-electron chi connectivity index (χ3n) is 2.63. The molecule has 2 aromatic rings. The molecular formula is C14H11F4NO. The van der Waals surface area contributed by atoms with Gasteiger partial charge in [-0.05, 0) is 36.4 Å². The van der Waals surface area contributed by atoms with Gasteiger partial charge in [0.25, 0.3) is 0 Å². The number of halogens is 4. The number of nitrogens with one attached hydrogen (secondary N) is 1. The van der Waals surface area contributed by atoms with Gasteiger partial charge in [0, 0.05) is 18.8 Å². The Morgan fingerprint density at radius 1 is 1.00 bits per heavy atom. The molecule has 0 heterocycles. The van der Waals surface area contributed by atoms with Crippen molar-refractivity contribution in [3.63, 3.8) is 0 Å². The number of rotatable bonds is 3. The van der Waals surface area contributed by atoms with E-state index in [2.05, 4.69) is 5.32 Å². The van der Waals surface area contributed by atoms with E-state index in [-0.39, 0.29) is 11.5 Å². The van der Waals surface area contributed by atoms with Gasteiger partial charge in [-0.25, -0.2) is 4.39 Å². The van der Waals surface area contributed by atoms with Crippen molar-refractivity contribution in [2.24, 2.45) is 0 Å². The summed E-state index contributed by atoms with van der Waals surface area (Å²) in [5.41, 5.74) is -0.210. The predicted molar refractivity (Wildman–Crippen MR) is 67.5 cm³/mol. The minimum atomic E-state index is -4.40. The normalized spacial score (nSPS) is 11.2. The summed E-state index contributed by atoms with van der Waals surface area (Å²) in [5.74, 6) is -0.519. The van der Waals surface area contributed by atoms with Crippen molar-refractivity contribution in [2.45, 2.75) is 6.18 Å². The third-order valence-corrected chi connectivity index (χ3v) is 2.63. The van der Waals surface area contributed by atoms with Gasteiger partial charge < -0.3 is 10.1 Å². The van der Waals surface area contributed by atoms with E-state index in [1.807, 2.05) is 0 Å². The van der Waals surface area contributed by atoms with Crippen LogP contribution >= 0.6 is 0 Å². The average Bonchev–Trinajstić information content (AvgIpc) is 2.40. The molecule has 6 heteroatoms. The van der Waals surface area contributed by atoms with Crippen LogP contribution in [-0.4, -0.2) is 7.05 Å². The zero-order valence-corrected chi connectivity index (χ0v) is 10.5. The quantitative estimate of drug-likeness (QED) is 0.827. The molecule has 0 amide bonds. The van der Waals surface area contributed by atoms with E-state index in [4.69, 9.17) is 4.74 Å². The largest absolute Gasteiger partial charge is 0.454 e. The van der Waals surface area contributed by atoms with Gasteiger partial charge in [-0.3, -0.25) is 0 Å². The lowest BCUT2D eigenvalue weighted by molar-refractivity contribution is -0.137. The monoisotopic (exact) mass is 285 g/mol. The highest BCUT2D eigenvalue weighted by Gasteiger charge is 2.30.